The molecule has 16 heavy (non-hydrogen) atoms. The van der Waals surface area contributed by atoms with Crippen molar-refractivity contribution in [3.8, 4) is 12.3 Å². The second kappa shape index (κ2) is 4.71. The first kappa shape index (κ1) is 11.2. The standard InChI is InChI=1S/C13H12BrNO/c1-2-10-4-3-5-12(6-10)15-9-11(8-14)7-13(15)16/h1,3-6,11H,7-9H2. The maximum Gasteiger partial charge on any atom is 0.227 e. The monoisotopic (exact) mass is 277 g/mol. The number of halogens is 1. The van der Waals surface area contributed by atoms with E-state index in [1.807, 2.05) is 29.2 Å². The number of carbonyl (C=O) groups excluding carboxylic acids is 1. The average molecular weight is 278 g/mol. The Kier molecular flexibility index (Phi) is 3.31. The van der Waals surface area contributed by atoms with Crippen molar-refractivity contribution in [3.05, 3.63) is 29.8 Å². The van der Waals surface area contributed by atoms with E-state index in [-0.39, 0.29) is 5.91 Å². The van der Waals surface area contributed by atoms with Gasteiger partial charge in [0.1, 0.15) is 0 Å². The number of benzene rings is 1. The quantitative estimate of drug-likeness (QED) is 0.601. The molecule has 1 heterocycles. The third kappa shape index (κ3) is 2.12. The molecule has 0 spiro atoms. The molecule has 1 aromatic carbocycles. The Hall–Kier alpha value is -1.27. The maximum absolute atomic E-state index is 11.8. The molecule has 1 amide bonds. The molecule has 0 aromatic heterocycles. The fraction of sp³-hybridized carbons (Fsp3) is 0.308. The number of rotatable bonds is 2. The topological polar surface area (TPSA) is 20.3 Å². The van der Waals surface area contributed by atoms with E-state index in [4.69, 9.17) is 6.42 Å². The Morgan fingerprint density at radius 3 is 3.00 bits per heavy atom. The van der Waals surface area contributed by atoms with Gasteiger partial charge in [0.05, 0.1) is 0 Å². The van der Waals surface area contributed by atoms with Gasteiger partial charge in [0.2, 0.25) is 5.91 Å². The third-order valence-corrected chi connectivity index (χ3v) is 3.66. The zero-order valence-electron chi connectivity index (χ0n) is 8.82. The van der Waals surface area contributed by atoms with Crippen molar-refractivity contribution < 1.29 is 4.79 Å². The first-order valence-electron chi connectivity index (χ1n) is 5.17. The second-order valence-electron chi connectivity index (χ2n) is 3.92. The lowest BCUT2D eigenvalue weighted by Gasteiger charge is -2.16. The van der Waals surface area contributed by atoms with Crippen LogP contribution in [0.2, 0.25) is 0 Å². The number of alkyl halides is 1. The van der Waals surface area contributed by atoms with Gasteiger partial charge in [-0.2, -0.15) is 0 Å². The fourth-order valence-electron chi connectivity index (χ4n) is 1.90. The highest BCUT2D eigenvalue weighted by molar-refractivity contribution is 9.09. The fourth-order valence-corrected chi connectivity index (χ4v) is 2.33. The highest BCUT2D eigenvalue weighted by Gasteiger charge is 2.29. The van der Waals surface area contributed by atoms with E-state index < -0.39 is 0 Å². The highest BCUT2D eigenvalue weighted by Crippen LogP contribution is 2.26. The van der Waals surface area contributed by atoms with Crippen LogP contribution in [0.5, 0.6) is 0 Å². The molecule has 82 valence electrons. The van der Waals surface area contributed by atoms with Crippen LogP contribution in [-0.4, -0.2) is 17.8 Å². The lowest BCUT2D eigenvalue weighted by Crippen LogP contribution is -2.24. The van der Waals surface area contributed by atoms with E-state index in [9.17, 15) is 4.79 Å². The number of hydrogen-bond acceptors (Lipinski definition) is 1. The second-order valence-corrected chi connectivity index (χ2v) is 4.57. The van der Waals surface area contributed by atoms with Crippen LogP contribution in [0.25, 0.3) is 0 Å². The summed E-state index contributed by atoms with van der Waals surface area (Å²) >= 11 is 3.42. The zero-order chi connectivity index (χ0) is 11.5. The average Bonchev–Trinajstić information content (AvgIpc) is 2.71. The van der Waals surface area contributed by atoms with Gasteiger partial charge in [-0.3, -0.25) is 4.79 Å². The van der Waals surface area contributed by atoms with Crippen LogP contribution in [0.15, 0.2) is 24.3 Å². The molecule has 1 aliphatic rings. The third-order valence-electron chi connectivity index (χ3n) is 2.75. The van der Waals surface area contributed by atoms with Gasteiger partial charge in [0, 0.05) is 29.5 Å². The lowest BCUT2D eigenvalue weighted by atomic mass is 10.1. The molecule has 0 aliphatic carbocycles. The summed E-state index contributed by atoms with van der Waals surface area (Å²) in [5, 5.41) is 0.865. The largest absolute Gasteiger partial charge is 0.312 e. The number of anilines is 1. The minimum absolute atomic E-state index is 0.179. The van der Waals surface area contributed by atoms with E-state index in [2.05, 4.69) is 21.9 Å². The number of hydrogen-bond donors (Lipinski definition) is 0. The number of carbonyl (C=O) groups is 1. The Balaban J connectivity index is 2.25. The van der Waals surface area contributed by atoms with Gasteiger partial charge in [0.25, 0.3) is 0 Å². The van der Waals surface area contributed by atoms with E-state index in [1.165, 1.54) is 0 Å². The summed E-state index contributed by atoms with van der Waals surface area (Å²) in [6, 6.07) is 7.56. The Bertz CT molecular complexity index is 449. The molecule has 2 rings (SSSR count). The molecule has 2 nitrogen and oxygen atoms in total. The van der Waals surface area contributed by atoms with Crippen LogP contribution in [0.1, 0.15) is 12.0 Å². The summed E-state index contributed by atoms with van der Waals surface area (Å²) in [6.07, 6.45) is 5.96. The van der Waals surface area contributed by atoms with Crippen LogP contribution in [0.3, 0.4) is 0 Å². The van der Waals surface area contributed by atoms with Gasteiger partial charge in [-0.1, -0.05) is 27.9 Å². The van der Waals surface area contributed by atoms with Crippen LogP contribution >= 0.6 is 15.9 Å². The van der Waals surface area contributed by atoms with Crippen molar-refractivity contribution in [1.29, 1.82) is 0 Å². The van der Waals surface area contributed by atoms with E-state index in [0.717, 1.165) is 23.1 Å². The summed E-state index contributed by atoms with van der Waals surface area (Å²) < 4.78 is 0. The van der Waals surface area contributed by atoms with Gasteiger partial charge < -0.3 is 4.90 Å². The first-order chi connectivity index (χ1) is 7.74. The van der Waals surface area contributed by atoms with Gasteiger partial charge in [-0.05, 0) is 24.1 Å². The van der Waals surface area contributed by atoms with Gasteiger partial charge >= 0.3 is 0 Å². The summed E-state index contributed by atoms with van der Waals surface area (Å²) in [5.41, 5.74) is 1.72. The van der Waals surface area contributed by atoms with Crippen molar-refractivity contribution in [2.24, 2.45) is 5.92 Å². The summed E-state index contributed by atoms with van der Waals surface area (Å²) in [5.74, 6) is 3.17. The maximum atomic E-state index is 11.8. The number of amides is 1. The summed E-state index contributed by atoms with van der Waals surface area (Å²) in [4.78, 5) is 13.6. The van der Waals surface area contributed by atoms with Crippen LogP contribution in [0, 0.1) is 18.3 Å². The zero-order valence-corrected chi connectivity index (χ0v) is 10.4. The van der Waals surface area contributed by atoms with Gasteiger partial charge in [-0.25, -0.2) is 0 Å². The van der Waals surface area contributed by atoms with Crippen molar-refractivity contribution in [2.45, 2.75) is 6.42 Å². The van der Waals surface area contributed by atoms with Crippen LogP contribution in [-0.2, 0) is 4.79 Å². The van der Waals surface area contributed by atoms with Crippen molar-refractivity contribution in [1.82, 2.24) is 0 Å². The smallest absolute Gasteiger partial charge is 0.227 e. The normalized spacial score (nSPS) is 19.9. The molecular weight excluding hydrogens is 266 g/mol. The SMILES string of the molecule is C#Cc1cccc(N2CC(CBr)CC2=O)c1. The van der Waals surface area contributed by atoms with Crippen molar-refractivity contribution in [3.63, 3.8) is 0 Å². The van der Waals surface area contributed by atoms with Crippen molar-refractivity contribution in [2.75, 3.05) is 16.8 Å². The first-order valence-corrected chi connectivity index (χ1v) is 6.29. The van der Waals surface area contributed by atoms with E-state index >= 15 is 0 Å². The van der Waals surface area contributed by atoms with Crippen LogP contribution < -0.4 is 4.90 Å². The molecule has 0 saturated carbocycles. The molecule has 0 bridgehead atoms. The molecule has 1 atom stereocenters. The van der Waals surface area contributed by atoms with E-state index in [1.54, 1.807) is 0 Å². The van der Waals surface area contributed by atoms with Crippen LogP contribution in [0.4, 0.5) is 5.69 Å². The minimum Gasteiger partial charge on any atom is -0.312 e. The molecule has 1 fully saturated rings. The van der Waals surface area contributed by atoms with Gasteiger partial charge in [-0.15, -0.1) is 6.42 Å². The molecular formula is C13H12BrNO. The van der Waals surface area contributed by atoms with Crippen molar-refractivity contribution >= 4 is 27.5 Å². The molecule has 0 N–H and O–H groups in total. The predicted octanol–water partition coefficient (Wildman–Crippen LogP) is 2.42. The predicted molar refractivity (Wildman–Crippen MR) is 68.6 cm³/mol. The Morgan fingerprint density at radius 2 is 2.38 bits per heavy atom. The molecule has 3 heteroatoms. The molecule has 1 aromatic rings. The van der Waals surface area contributed by atoms with Gasteiger partial charge in [0.15, 0.2) is 0 Å². The Labute approximate surface area is 104 Å². The molecule has 1 aliphatic heterocycles. The van der Waals surface area contributed by atoms with E-state index in [0.29, 0.717) is 12.3 Å². The lowest BCUT2D eigenvalue weighted by molar-refractivity contribution is -0.117. The minimum atomic E-state index is 0.179. The number of nitrogens with zero attached hydrogens (tertiary/aromatic N) is 1. The summed E-state index contributed by atoms with van der Waals surface area (Å²) in [7, 11) is 0. The number of terminal acetylenes is 1. The molecule has 0 radical (unpaired) electrons. The molecule has 1 saturated heterocycles. The molecule has 1 unspecified atom stereocenters. The summed E-state index contributed by atoms with van der Waals surface area (Å²) in [6.45, 7) is 0.776. The highest BCUT2D eigenvalue weighted by atomic mass is 79.9. The Morgan fingerprint density at radius 1 is 1.56 bits per heavy atom.